The van der Waals surface area contributed by atoms with E-state index in [1.165, 1.54) is 19.3 Å². The molecule has 3 fully saturated rings. The lowest BCUT2D eigenvalue weighted by atomic mass is 10.0. The lowest BCUT2D eigenvalue weighted by Crippen LogP contribution is -2.41. The van der Waals surface area contributed by atoms with E-state index in [0.29, 0.717) is 62.9 Å². The predicted molar refractivity (Wildman–Crippen MR) is 170 cm³/mol. The average Bonchev–Trinajstić information content (AvgIpc) is 3.68. The lowest BCUT2D eigenvalue weighted by molar-refractivity contribution is -0.198. The molecule has 0 radical (unpaired) electrons. The lowest BCUT2D eigenvalue weighted by Gasteiger charge is -2.27. The number of nitrogens with zero attached hydrogens (tertiary/aromatic N) is 2. The number of hydrogen-bond donors (Lipinski definition) is 2. The van der Waals surface area contributed by atoms with Crippen LogP contribution in [0.2, 0.25) is 0 Å². The fraction of sp³-hybridized carbons (Fsp3) is 0.839. The Morgan fingerprint density at radius 2 is 1.48 bits per heavy atom. The van der Waals surface area contributed by atoms with E-state index in [1.54, 1.807) is 0 Å². The van der Waals surface area contributed by atoms with Gasteiger partial charge >= 0.3 is 12.0 Å². The van der Waals surface area contributed by atoms with Crippen molar-refractivity contribution in [1.29, 1.82) is 0 Å². The molecule has 0 bridgehead atoms. The summed E-state index contributed by atoms with van der Waals surface area (Å²) < 4.78 is 21.6. The summed E-state index contributed by atoms with van der Waals surface area (Å²) in [5, 5.41) is 7.02. The number of rotatable bonds is 26. The summed E-state index contributed by atoms with van der Waals surface area (Å²) in [7, 11) is 0. The molecule has 3 aliphatic rings. The summed E-state index contributed by atoms with van der Waals surface area (Å²) in [6.45, 7) is 6.21. The molecule has 0 aromatic rings. The third-order valence-electron chi connectivity index (χ3n) is 7.94. The molecule has 5 amide bonds. The minimum atomic E-state index is -0.701. The summed E-state index contributed by atoms with van der Waals surface area (Å²) in [4.78, 5) is 65.9. The summed E-state index contributed by atoms with van der Waals surface area (Å²) in [6, 6.07) is 0.626. The maximum absolute atomic E-state index is 12.5. The molecule has 3 saturated heterocycles. The summed E-state index contributed by atoms with van der Waals surface area (Å²) >= 11 is 1.95. The van der Waals surface area contributed by atoms with E-state index in [4.69, 9.17) is 23.8 Å². The van der Waals surface area contributed by atoms with Gasteiger partial charge in [0.05, 0.1) is 71.4 Å². The van der Waals surface area contributed by atoms with Crippen molar-refractivity contribution in [2.24, 2.45) is 0 Å². The van der Waals surface area contributed by atoms with Crippen LogP contribution in [0, 0.1) is 0 Å². The fourth-order valence-corrected chi connectivity index (χ4v) is 7.13. The Labute approximate surface area is 276 Å². The molecular weight excluding hydrogens is 620 g/mol. The zero-order chi connectivity index (χ0) is 33.0. The Morgan fingerprint density at radius 1 is 0.826 bits per heavy atom. The molecule has 46 heavy (non-hydrogen) atoms. The van der Waals surface area contributed by atoms with Crippen LogP contribution in [-0.4, -0.2) is 129 Å². The topological polar surface area (TPSA) is 162 Å². The van der Waals surface area contributed by atoms with Gasteiger partial charge in [0.2, 0.25) is 5.91 Å². The smallest absolute Gasteiger partial charge is 0.335 e. The average molecular weight is 673 g/mol. The molecule has 15 heteroatoms. The van der Waals surface area contributed by atoms with Crippen molar-refractivity contribution in [1.82, 2.24) is 20.6 Å². The molecule has 3 heterocycles. The zero-order valence-electron chi connectivity index (χ0n) is 27.2. The molecule has 14 nitrogen and oxygen atoms in total. The highest BCUT2D eigenvalue weighted by Crippen LogP contribution is 2.37. The molecular formula is C31H52N4O10S. The number of hydrogen-bond acceptors (Lipinski definition) is 11. The van der Waals surface area contributed by atoms with Crippen molar-refractivity contribution in [2.45, 2.75) is 94.9 Å². The van der Waals surface area contributed by atoms with E-state index in [0.717, 1.165) is 38.0 Å². The number of imide groups is 1. The van der Waals surface area contributed by atoms with Crippen LogP contribution in [0.25, 0.3) is 0 Å². The van der Waals surface area contributed by atoms with Crippen molar-refractivity contribution in [3.05, 3.63) is 0 Å². The van der Waals surface area contributed by atoms with Crippen LogP contribution in [0.3, 0.4) is 0 Å². The second-order valence-electron chi connectivity index (χ2n) is 11.5. The first-order chi connectivity index (χ1) is 22.4. The van der Waals surface area contributed by atoms with Crippen LogP contribution in [-0.2, 0) is 43.0 Å². The van der Waals surface area contributed by atoms with Gasteiger partial charge in [0.25, 0.3) is 11.8 Å². The molecule has 0 aromatic carbocycles. The Bertz CT molecular complexity index is 958. The molecule has 0 unspecified atom stereocenters. The SMILES string of the molecule is CCCCCCN1C(=O)N[C@H]2CS[C@@H](CCCCC(=O)NCCOCCOCCOCCOCCC(=O)ON3C(=O)CCC3=O)[C@H]21. The summed E-state index contributed by atoms with van der Waals surface area (Å²) in [5.74, 6) is -0.720. The summed E-state index contributed by atoms with van der Waals surface area (Å²) in [5.41, 5.74) is 0. The van der Waals surface area contributed by atoms with Gasteiger partial charge in [-0.2, -0.15) is 11.8 Å². The number of amides is 5. The van der Waals surface area contributed by atoms with Crippen LogP contribution in [0.4, 0.5) is 4.79 Å². The van der Waals surface area contributed by atoms with Crippen LogP contribution < -0.4 is 10.6 Å². The second-order valence-corrected chi connectivity index (χ2v) is 12.8. The Kier molecular flexibility index (Phi) is 18.3. The first-order valence-electron chi connectivity index (χ1n) is 16.7. The molecule has 0 aromatic heterocycles. The van der Waals surface area contributed by atoms with Gasteiger partial charge in [-0.3, -0.25) is 14.4 Å². The monoisotopic (exact) mass is 672 g/mol. The zero-order valence-corrected chi connectivity index (χ0v) is 28.0. The van der Waals surface area contributed by atoms with Gasteiger partial charge in [0.1, 0.15) is 0 Å². The predicted octanol–water partition coefficient (Wildman–Crippen LogP) is 2.18. The number of fused-ring (bicyclic) bond motifs is 1. The minimum Gasteiger partial charge on any atom is -0.378 e. The molecule has 0 spiro atoms. The van der Waals surface area contributed by atoms with E-state index < -0.39 is 17.8 Å². The Morgan fingerprint density at radius 3 is 2.15 bits per heavy atom. The van der Waals surface area contributed by atoms with Gasteiger partial charge in [-0.25, -0.2) is 9.59 Å². The minimum absolute atomic E-state index is 0.0307. The van der Waals surface area contributed by atoms with E-state index in [-0.39, 0.29) is 56.5 Å². The first-order valence-corrected chi connectivity index (χ1v) is 17.8. The number of ether oxygens (including phenoxy) is 4. The van der Waals surface area contributed by atoms with E-state index in [1.807, 2.05) is 11.8 Å². The van der Waals surface area contributed by atoms with Crippen molar-refractivity contribution in [3.63, 3.8) is 0 Å². The normalized spacial score (nSPS) is 20.8. The standard InChI is InChI=1S/C31H52N4O10S/c1-2-3-4-7-14-34-30-24(33-31(34)40)23-46-25(30)8-5-6-9-26(36)32-13-16-42-18-20-44-22-21-43-19-17-41-15-12-29(39)45-35-27(37)10-11-28(35)38/h24-25,30H,2-23H2,1H3,(H,32,36)(H,33,40)/t24-,25-,30-/m0/s1. The number of nitrogens with one attached hydrogen (secondary N) is 2. The van der Waals surface area contributed by atoms with Crippen LogP contribution in [0.1, 0.15) is 77.6 Å². The maximum Gasteiger partial charge on any atom is 0.335 e. The van der Waals surface area contributed by atoms with Crippen LogP contribution >= 0.6 is 11.8 Å². The second kappa shape index (κ2) is 22.2. The molecule has 0 saturated carbocycles. The van der Waals surface area contributed by atoms with E-state index in [2.05, 4.69) is 22.5 Å². The quantitative estimate of drug-likeness (QED) is 0.0787. The number of hydroxylamine groups is 2. The molecule has 2 N–H and O–H groups in total. The number of thioether (sulfide) groups is 1. The first kappa shape index (κ1) is 38.0. The molecule has 3 aliphatic heterocycles. The highest BCUT2D eigenvalue weighted by molar-refractivity contribution is 8.00. The van der Waals surface area contributed by atoms with Gasteiger partial charge < -0.3 is 39.3 Å². The van der Waals surface area contributed by atoms with Crippen molar-refractivity contribution < 1.29 is 47.8 Å². The van der Waals surface area contributed by atoms with Gasteiger partial charge in [-0.15, -0.1) is 5.06 Å². The molecule has 0 aliphatic carbocycles. The summed E-state index contributed by atoms with van der Waals surface area (Å²) in [6.07, 6.45) is 7.99. The van der Waals surface area contributed by atoms with Crippen molar-refractivity contribution in [3.8, 4) is 0 Å². The number of urea groups is 1. The number of carbonyl (C=O) groups is 5. The highest BCUT2D eigenvalue weighted by Gasteiger charge is 2.47. The van der Waals surface area contributed by atoms with Crippen molar-refractivity contribution >= 4 is 41.5 Å². The van der Waals surface area contributed by atoms with E-state index in [9.17, 15) is 24.0 Å². The van der Waals surface area contributed by atoms with Gasteiger partial charge in [0, 0.05) is 43.4 Å². The number of carbonyl (C=O) groups excluding carboxylic acids is 5. The van der Waals surface area contributed by atoms with Crippen molar-refractivity contribution in [2.75, 3.05) is 71.7 Å². The van der Waals surface area contributed by atoms with E-state index >= 15 is 0 Å². The molecule has 3 atom stereocenters. The Balaban J connectivity index is 1.05. The maximum atomic E-state index is 12.5. The third-order valence-corrected chi connectivity index (χ3v) is 9.44. The third kappa shape index (κ3) is 13.7. The molecule has 262 valence electrons. The molecule has 3 rings (SSSR count). The van der Waals surface area contributed by atoms with Gasteiger partial charge in [-0.05, 0) is 19.3 Å². The van der Waals surface area contributed by atoms with Crippen LogP contribution in [0.5, 0.6) is 0 Å². The fourth-order valence-electron chi connectivity index (χ4n) is 5.52. The van der Waals surface area contributed by atoms with Crippen LogP contribution in [0.15, 0.2) is 0 Å². The number of unbranched alkanes of at least 4 members (excludes halogenated alkanes) is 4. The van der Waals surface area contributed by atoms with Gasteiger partial charge in [-0.1, -0.05) is 32.6 Å². The van der Waals surface area contributed by atoms with Gasteiger partial charge in [0.15, 0.2) is 0 Å². The Hall–Kier alpha value is -2.46. The highest BCUT2D eigenvalue weighted by atomic mass is 32.2. The largest absolute Gasteiger partial charge is 0.378 e.